The third-order valence-corrected chi connectivity index (χ3v) is 3.30. The van der Waals surface area contributed by atoms with Crippen LogP contribution in [0.4, 0.5) is 4.39 Å². The molecule has 1 aromatic heterocycles. The van der Waals surface area contributed by atoms with Gasteiger partial charge < -0.3 is 10.1 Å². The molecule has 0 unspecified atom stereocenters. The van der Waals surface area contributed by atoms with Gasteiger partial charge in [-0.3, -0.25) is 0 Å². The maximum Gasteiger partial charge on any atom is 0.123 e. The summed E-state index contributed by atoms with van der Waals surface area (Å²) in [5.41, 5.74) is 3.18. The number of rotatable bonds is 7. The van der Waals surface area contributed by atoms with Crippen LogP contribution in [0.2, 0.25) is 0 Å². The van der Waals surface area contributed by atoms with Crippen LogP contribution in [0.15, 0.2) is 30.5 Å². The Morgan fingerprint density at radius 2 is 2.00 bits per heavy atom. The minimum Gasteiger partial charge on any atom is -0.383 e. The number of benzene rings is 1. The van der Waals surface area contributed by atoms with E-state index in [9.17, 15) is 4.39 Å². The van der Waals surface area contributed by atoms with Crippen LogP contribution in [0.3, 0.4) is 0 Å². The van der Waals surface area contributed by atoms with Gasteiger partial charge in [0.2, 0.25) is 0 Å². The summed E-state index contributed by atoms with van der Waals surface area (Å²) in [7, 11) is 1.69. The molecule has 21 heavy (non-hydrogen) atoms. The average molecular weight is 291 g/mol. The lowest BCUT2D eigenvalue weighted by Gasteiger charge is -2.13. The van der Waals surface area contributed by atoms with Gasteiger partial charge in [0.05, 0.1) is 24.2 Å². The summed E-state index contributed by atoms with van der Waals surface area (Å²) in [5.74, 6) is 0.0928. The van der Waals surface area contributed by atoms with Gasteiger partial charge in [0, 0.05) is 25.8 Å². The lowest BCUT2D eigenvalue weighted by molar-refractivity contribution is 0.199. The molecule has 0 saturated heterocycles. The first-order chi connectivity index (χ1) is 10.1. The fraction of sp³-hybridized carbons (Fsp3) is 0.438. The van der Waals surface area contributed by atoms with Gasteiger partial charge in [-0.2, -0.15) is 5.10 Å². The molecule has 0 spiro atoms. The van der Waals surface area contributed by atoms with E-state index in [-0.39, 0.29) is 5.82 Å². The van der Waals surface area contributed by atoms with E-state index in [2.05, 4.69) is 24.3 Å². The van der Waals surface area contributed by atoms with Crippen LogP contribution in [-0.2, 0) is 11.3 Å². The van der Waals surface area contributed by atoms with Crippen LogP contribution in [0.5, 0.6) is 0 Å². The van der Waals surface area contributed by atoms with E-state index in [1.165, 1.54) is 12.1 Å². The number of hydrogen-bond acceptors (Lipinski definition) is 3. The SMILES string of the molecule is COCCNCc1cnn(-c2ccc(F)cc2)c1C(C)C. The highest BCUT2D eigenvalue weighted by Gasteiger charge is 2.15. The standard InChI is InChI=1S/C16H22FN3O/c1-12(2)16-13(10-18-8-9-21-3)11-19-20(16)15-6-4-14(17)5-7-15/h4-7,11-12,18H,8-10H2,1-3H3. The van der Waals surface area contributed by atoms with E-state index in [1.807, 2.05) is 10.9 Å². The summed E-state index contributed by atoms with van der Waals surface area (Å²) in [6, 6.07) is 6.40. The number of aromatic nitrogens is 2. The summed E-state index contributed by atoms with van der Waals surface area (Å²) in [4.78, 5) is 0. The molecule has 2 aromatic rings. The number of hydrogen-bond donors (Lipinski definition) is 1. The molecule has 114 valence electrons. The molecule has 0 bridgehead atoms. The van der Waals surface area contributed by atoms with Gasteiger partial charge in [0.15, 0.2) is 0 Å². The minimum absolute atomic E-state index is 0.238. The predicted octanol–water partition coefficient (Wildman–Crippen LogP) is 2.87. The first-order valence-corrected chi connectivity index (χ1v) is 7.16. The number of methoxy groups -OCH3 is 1. The lowest BCUT2D eigenvalue weighted by Crippen LogP contribution is -2.19. The van der Waals surface area contributed by atoms with Crippen LogP contribution in [0.1, 0.15) is 31.0 Å². The average Bonchev–Trinajstić information content (AvgIpc) is 2.88. The normalized spacial score (nSPS) is 11.3. The molecule has 4 nitrogen and oxygen atoms in total. The zero-order valence-corrected chi connectivity index (χ0v) is 12.8. The zero-order valence-electron chi connectivity index (χ0n) is 12.8. The Balaban J connectivity index is 2.22. The van der Waals surface area contributed by atoms with Crippen molar-refractivity contribution in [1.29, 1.82) is 0 Å². The minimum atomic E-state index is -0.238. The second-order valence-corrected chi connectivity index (χ2v) is 5.27. The summed E-state index contributed by atoms with van der Waals surface area (Å²) in [5, 5.41) is 7.79. The summed E-state index contributed by atoms with van der Waals surface area (Å²) in [6.45, 7) is 6.50. The molecule has 0 fully saturated rings. The van der Waals surface area contributed by atoms with E-state index in [4.69, 9.17) is 4.74 Å². The third-order valence-electron chi connectivity index (χ3n) is 3.30. The molecule has 0 atom stereocenters. The molecule has 0 aliphatic heterocycles. The molecule has 0 saturated carbocycles. The Kier molecular flexibility index (Phi) is 5.47. The maximum absolute atomic E-state index is 13.1. The summed E-state index contributed by atoms with van der Waals surface area (Å²) >= 11 is 0. The highest BCUT2D eigenvalue weighted by Crippen LogP contribution is 2.23. The van der Waals surface area contributed by atoms with Crippen molar-refractivity contribution in [2.45, 2.75) is 26.3 Å². The topological polar surface area (TPSA) is 39.1 Å². The van der Waals surface area contributed by atoms with Gasteiger partial charge in [-0.25, -0.2) is 9.07 Å². The molecule has 1 aromatic carbocycles. The fourth-order valence-electron chi connectivity index (χ4n) is 2.33. The largest absolute Gasteiger partial charge is 0.383 e. The number of halogens is 1. The van der Waals surface area contributed by atoms with Gasteiger partial charge >= 0.3 is 0 Å². The first-order valence-electron chi connectivity index (χ1n) is 7.16. The Hall–Kier alpha value is -1.72. The van der Waals surface area contributed by atoms with Crippen LogP contribution in [-0.4, -0.2) is 30.0 Å². The van der Waals surface area contributed by atoms with Crippen LogP contribution in [0.25, 0.3) is 5.69 Å². The highest BCUT2D eigenvalue weighted by molar-refractivity contribution is 5.36. The van der Waals surface area contributed by atoms with Crippen molar-refractivity contribution in [2.24, 2.45) is 0 Å². The van der Waals surface area contributed by atoms with Crippen molar-refractivity contribution in [3.8, 4) is 5.69 Å². The second kappa shape index (κ2) is 7.33. The summed E-state index contributed by atoms with van der Waals surface area (Å²) in [6.07, 6.45) is 1.87. The first kappa shape index (κ1) is 15.7. The molecule has 0 aliphatic carbocycles. The smallest absolute Gasteiger partial charge is 0.123 e. The lowest BCUT2D eigenvalue weighted by atomic mass is 10.1. The van der Waals surface area contributed by atoms with Crippen molar-refractivity contribution in [3.05, 3.63) is 47.5 Å². The van der Waals surface area contributed by atoms with Gasteiger partial charge in [0.25, 0.3) is 0 Å². The van der Waals surface area contributed by atoms with Crippen molar-refractivity contribution in [3.63, 3.8) is 0 Å². The van der Waals surface area contributed by atoms with Crippen LogP contribution >= 0.6 is 0 Å². The molecule has 2 rings (SSSR count). The number of ether oxygens (including phenoxy) is 1. The third kappa shape index (κ3) is 3.89. The molecular formula is C16H22FN3O. The molecular weight excluding hydrogens is 269 g/mol. The predicted molar refractivity (Wildman–Crippen MR) is 81.2 cm³/mol. The van der Waals surface area contributed by atoms with Gasteiger partial charge in [-0.1, -0.05) is 13.8 Å². The van der Waals surface area contributed by atoms with Crippen molar-refractivity contribution >= 4 is 0 Å². The summed E-state index contributed by atoms with van der Waals surface area (Å²) < 4.78 is 20.0. The quantitative estimate of drug-likeness (QED) is 0.797. The fourth-order valence-corrected chi connectivity index (χ4v) is 2.33. The van der Waals surface area contributed by atoms with E-state index < -0.39 is 0 Å². The molecule has 1 heterocycles. The van der Waals surface area contributed by atoms with E-state index in [1.54, 1.807) is 19.2 Å². The van der Waals surface area contributed by atoms with Crippen molar-refractivity contribution in [1.82, 2.24) is 15.1 Å². The van der Waals surface area contributed by atoms with Crippen LogP contribution < -0.4 is 5.32 Å². The van der Waals surface area contributed by atoms with E-state index >= 15 is 0 Å². The van der Waals surface area contributed by atoms with Gasteiger partial charge in [0.1, 0.15) is 5.82 Å². The maximum atomic E-state index is 13.1. The second-order valence-electron chi connectivity index (χ2n) is 5.27. The highest BCUT2D eigenvalue weighted by atomic mass is 19.1. The van der Waals surface area contributed by atoms with E-state index in [0.29, 0.717) is 12.5 Å². The number of nitrogens with one attached hydrogen (secondary N) is 1. The van der Waals surface area contributed by atoms with Crippen LogP contribution in [0, 0.1) is 5.82 Å². The zero-order chi connectivity index (χ0) is 15.2. The molecule has 1 N–H and O–H groups in total. The van der Waals surface area contributed by atoms with E-state index in [0.717, 1.165) is 30.0 Å². The monoisotopic (exact) mass is 291 g/mol. The Morgan fingerprint density at radius 1 is 1.29 bits per heavy atom. The Labute approximate surface area is 124 Å². The van der Waals surface area contributed by atoms with Crippen molar-refractivity contribution < 1.29 is 9.13 Å². The number of nitrogens with zero attached hydrogens (tertiary/aromatic N) is 2. The molecule has 0 aliphatic rings. The van der Waals surface area contributed by atoms with Crippen molar-refractivity contribution in [2.75, 3.05) is 20.3 Å². The Morgan fingerprint density at radius 3 is 2.62 bits per heavy atom. The molecule has 5 heteroatoms. The molecule has 0 radical (unpaired) electrons. The molecule has 0 amide bonds. The van der Waals surface area contributed by atoms with Gasteiger partial charge in [-0.05, 0) is 30.2 Å². The Bertz CT molecular complexity index is 563. The van der Waals surface area contributed by atoms with Gasteiger partial charge in [-0.15, -0.1) is 0 Å².